The first-order valence-corrected chi connectivity index (χ1v) is 6.78. The van der Waals surface area contributed by atoms with E-state index in [9.17, 15) is 9.18 Å². The van der Waals surface area contributed by atoms with Crippen molar-refractivity contribution in [2.24, 2.45) is 0 Å². The molecule has 1 N–H and O–H groups in total. The van der Waals surface area contributed by atoms with Gasteiger partial charge in [-0.3, -0.25) is 0 Å². The number of hydrogen-bond acceptors (Lipinski definition) is 3. The quantitative estimate of drug-likeness (QED) is 0.885. The molecule has 4 nitrogen and oxygen atoms in total. The van der Waals surface area contributed by atoms with Crippen LogP contribution in [0.4, 0.5) is 4.39 Å². The molecule has 0 atom stereocenters. The lowest BCUT2D eigenvalue weighted by molar-refractivity contribution is 0.0691. The van der Waals surface area contributed by atoms with Gasteiger partial charge in [0.25, 0.3) is 0 Å². The lowest BCUT2D eigenvalue weighted by atomic mass is 10.1. The number of ether oxygens (including phenoxy) is 2. The molecule has 0 radical (unpaired) electrons. The highest BCUT2D eigenvalue weighted by Crippen LogP contribution is 2.29. The zero-order chi connectivity index (χ0) is 15.4. The molecule has 0 amide bonds. The van der Waals surface area contributed by atoms with Gasteiger partial charge in [0.2, 0.25) is 0 Å². The highest BCUT2D eigenvalue weighted by molar-refractivity contribution is 9.10. The van der Waals surface area contributed by atoms with Crippen LogP contribution in [0, 0.1) is 5.82 Å². The molecule has 2 rings (SSSR count). The molecule has 0 fully saturated rings. The minimum Gasteiger partial charge on any atom is -0.497 e. The monoisotopic (exact) mass is 354 g/mol. The zero-order valence-corrected chi connectivity index (χ0v) is 12.7. The topological polar surface area (TPSA) is 55.8 Å². The van der Waals surface area contributed by atoms with Crippen molar-refractivity contribution in [3.63, 3.8) is 0 Å². The smallest absolute Gasteiger partial charge is 0.338 e. The van der Waals surface area contributed by atoms with Crippen molar-refractivity contribution in [3.8, 4) is 11.5 Å². The van der Waals surface area contributed by atoms with Crippen molar-refractivity contribution in [2.45, 2.75) is 6.61 Å². The summed E-state index contributed by atoms with van der Waals surface area (Å²) in [5, 5.41) is 8.87. The number of carbonyl (C=O) groups is 1. The van der Waals surface area contributed by atoms with Gasteiger partial charge >= 0.3 is 5.97 Å². The fourth-order valence-electron chi connectivity index (χ4n) is 1.71. The van der Waals surface area contributed by atoms with E-state index in [0.29, 0.717) is 21.5 Å². The van der Waals surface area contributed by atoms with Crippen LogP contribution in [0.15, 0.2) is 40.9 Å². The molecule has 0 spiro atoms. The molecule has 0 aliphatic heterocycles. The standard InChI is InChI=1S/C15H12BrFO4/c1-20-10-3-5-14(12(16)7-10)21-8-9-2-4-13(17)11(6-9)15(18)19/h2-7H,8H2,1H3,(H,18,19). The fraction of sp³-hybridized carbons (Fsp3) is 0.133. The lowest BCUT2D eigenvalue weighted by Gasteiger charge is -2.10. The van der Waals surface area contributed by atoms with Crippen LogP contribution in [-0.2, 0) is 6.61 Å². The van der Waals surface area contributed by atoms with Crippen LogP contribution < -0.4 is 9.47 Å². The Morgan fingerprint density at radius 1 is 1.29 bits per heavy atom. The first-order valence-electron chi connectivity index (χ1n) is 5.99. The van der Waals surface area contributed by atoms with Crippen LogP contribution in [0.25, 0.3) is 0 Å². The number of benzene rings is 2. The maximum atomic E-state index is 13.3. The molecule has 0 aliphatic carbocycles. The van der Waals surface area contributed by atoms with Gasteiger partial charge in [-0.15, -0.1) is 0 Å². The molecule has 2 aromatic rings. The van der Waals surface area contributed by atoms with Crippen LogP contribution in [0.2, 0.25) is 0 Å². The van der Waals surface area contributed by atoms with Crippen LogP contribution in [0.5, 0.6) is 11.5 Å². The van der Waals surface area contributed by atoms with E-state index in [1.807, 2.05) is 0 Å². The summed E-state index contributed by atoms with van der Waals surface area (Å²) in [4.78, 5) is 10.9. The molecule has 0 heterocycles. The number of aromatic carboxylic acids is 1. The Morgan fingerprint density at radius 2 is 2.05 bits per heavy atom. The number of halogens is 2. The highest BCUT2D eigenvalue weighted by atomic mass is 79.9. The summed E-state index contributed by atoms with van der Waals surface area (Å²) >= 11 is 3.35. The Balaban J connectivity index is 2.13. The molecule has 0 unspecified atom stereocenters. The van der Waals surface area contributed by atoms with E-state index >= 15 is 0 Å². The van der Waals surface area contributed by atoms with E-state index in [0.717, 1.165) is 6.07 Å². The Labute approximate surface area is 129 Å². The van der Waals surface area contributed by atoms with Gasteiger partial charge in [0.15, 0.2) is 0 Å². The summed E-state index contributed by atoms with van der Waals surface area (Å²) in [6.45, 7) is 0.130. The molecular weight excluding hydrogens is 343 g/mol. The van der Waals surface area contributed by atoms with Gasteiger partial charge in [-0.25, -0.2) is 9.18 Å². The minimum atomic E-state index is -1.31. The van der Waals surface area contributed by atoms with E-state index in [2.05, 4.69) is 15.9 Å². The lowest BCUT2D eigenvalue weighted by Crippen LogP contribution is -2.03. The van der Waals surface area contributed by atoms with Gasteiger partial charge in [-0.05, 0) is 51.8 Å². The first-order chi connectivity index (χ1) is 10.0. The van der Waals surface area contributed by atoms with Crippen LogP contribution >= 0.6 is 15.9 Å². The molecule has 0 aromatic heterocycles. The molecule has 0 saturated heterocycles. The van der Waals surface area contributed by atoms with E-state index in [4.69, 9.17) is 14.6 Å². The maximum Gasteiger partial charge on any atom is 0.338 e. The summed E-state index contributed by atoms with van der Waals surface area (Å²) in [7, 11) is 1.56. The average Bonchev–Trinajstić information content (AvgIpc) is 2.47. The van der Waals surface area contributed by atoms with Crippen molar-refractivity contribution in [1.82, 2.24) is 0 Å². The number of carboxylic acids is 1. The van der Waals surface area contributed by atoms with Crippen molar-refractivity contribution in [3.05, 3.63) is 57.8 Å². The number of methoxy groups -OCH3 is 1. The van der Waals surface area contributed by atoms with E-state index in [1.165, 1.54) is 12.1 Å². The third-order valence-electron chi connectivity index (χ3n) is 2.79. The van der Waals surface area contributed by atoms with Crippen molar-refractivity contribution < 1.29 is 23.8 Å². The normalized spacial score (nSPS) is 10.2. The largest absolute Gasteiger partial charge is 0.497 e. The van der Waals surface area contributed by atoms with Crippen molar-refractivity contribution in [2.75, 3.05) is 7.11 Å². The van der Waals surface area contributed by atoms with Gasteiger partial charge in [0.1, 0.15) is 23.9 Å². The summed E-state index contributed by atoms with van der Waals surface area (Å²) in [6, 6.07) is 9.08. The summed E-state index contributed by atoms with van der Waals surface area (Å²) in [5.41, 5.74) is 0.196. The van der Waals surface area contributed by atoms with Gasteiger partial charge in [0.05, 0.1) is 17.1 Å². The second-order valence-electron chi connectivity index (χ2n) is 4.20. The summed E-state index contributed by atoms with van der Waals surface area (Å²) < 4.78 is 24.7. The molecule has 2 aromatic carbocycles. The molecule has 110 valence electrons. The van der Waals surface area contributed by atoms with E-state index in [1.54, 1.807) is 25.3 Å². The van der Waals surface area contributed by atoms with E-state index < -0.39 is 11.8 Å². The molecule has 0 saturated carbocycles. The molecular formula is C15H12BrFO4. The molecule has 0 bridgehead atoms. The second kappa shape index (κ2) is 6.58. The van der Waals surface area contributed by atoms with Crippen LogP contribution in [0.1, 0.15) is 15.9 Å². The zero-order valence-electron chi connectivity index (χ0n) is 11.1. The predicted molar refractivity (Wildman–Crippen MR) is 78.4 cm³/mol. The highest BCUT2D eigenvalue weighted by Gasteiger charge is 2.11. The number of carboxylic acid groups (broad SMARTS) is 1. The average molecular weight is 355 g/mol. The third kappa shape index (κ3) is 3.72. The predicted octanol–water partition coefficient (Wildman–Crippen LogP) is 3.87. The minimum absolute atomic E-state index is 0.130. The first kappa shape index (κ1) is 15.3. The van der Waals surface area contributed by atoms with E-state index in [-0.39, 0.29) is 12.2 Å². The van der Waals surface area contributed by atoms with Gasteiger partial charge in [-0.1, -0.05) is 6.07 Å². The van der Waals surface area contributed by atoms with Gasteiger partial charge in [0, 0.05) is 0 Å². The third-order valence-corrected chi connectivity index (χ3v) is 3.41. The Kier molecular flexibility index (Phi) is 4.80. The van der Waals surface area contributed by atoms with Gasteiger partial charge < -0.3 is 14.6 Å². The van der Waals surface area contributed by atoms with Crippen LogP contribution in [-0.4, -0.2) is 18.2 Å². The molecule has 6 heteroatoms. The Morgan fingerprint density at radius 3 is 2.67 bits per heavy atom. The summed E-state index contributed by atoms with van der Waals surface area (Å²) in [5.74, 6) is -0.807. The Hall–Kier alpha value is -2.08. The second-order valence-corrected chi connectivity index (χ2v) is 5.06. The van der Waals surface area contributed by atoms with Gasteiger partial charge in [-0.2, -0.15) is 0 Å². The molecule has 0 aliphatic rings. The SMILES string of the molecule is COc1ccc(OCc2ccc(F)c(C(=O)O)c2)c(Br)c1. The summed E-state index contributed by atoms with van der Waals surface area (Å²) in [6.07, 6.45) is 0. The number of rotatable bonds is 5. The van der Waals surface area contributed by atoms with Crippen molar-refractivity contribution in [1.29, 1.82) is 0 Å². The fourth-order valence-corrected chi connectivity index (χ4v) is 2.19. The van der Waals surface area contributed by atoms with Crippen molar-refractivity contribution >= 4 is 21.9 Å². The molecule has 21 heavy (non-hydrogen) atoms. The number of hydrogen-bond donors (Lipinski definition) is 1. The Bertz CT molecular complexity index is 673. The van der Waals surface area contributed by atoms with Crippen LogP contribution in [0.3, 0.4) is 0 Å². The maximum absolute atomic E-state index is 13.3.